The van der Waals surface area contributed by atoms with Crippen molar-refractivity contribution in [3.05, 3.63) is 23.2 Å². The number of nitrogens with zero attached hydrogens (tertiary/aromatic N) is 1. The average Bonchev–Trinajstić information content (AvgIpc) is 2.28. The number of hydrogen-bond acceptors (Lipinski definition) is 5. The first-order valence-electron chi connectivity index (χ1n) is 5.96. The molecule has 118 valence electrons. The Bertz CT molecular complexity index is 742. The van der Waals surface area contributed by atoms with Crippen LogP contribution in [0.4, 0.5) is 5.69 Å². The van der Waals surface area contributed by atoms with Crippen molar-refractivity contribution in [2.45, 2.75) is 10.1 Å². The molecule has 0 amide bonds. The smallest absolute Gasteiger partial charge is 0.242 e. The van der Waals surface area contributed by atoms with Crippen LogP contribution >= 0.6 is 11.6 Å². The Morgan fingerprint density at radius 1 is 1.24 bits per heavy atom. The Morgan fingerprint density at radius 3 is 2.33 bits per heavy atom. The summed E-state index contributed by atoms with van der Waals surface area (Å²) >= 11 is 5.93. The Hall–Kier alpha value is -0.870. The molecule has 7 nitrogen and oxygen atoms in total. The molecule has 0 aromatic heterocycles. The minimum Gasteiger partial charge on any atom is -0.378 e. The maximum atomic E-state index is 12.0. The number of anilines is 1. The van der Waals surface area contributed by atoms with Gasteiger partial charge in [0.25, 0.3) is 0 Å². The molecular formula is C11H15ClN2O5S2. The SMILES string of the molecule is CN(C)S(=O)(=O)c1ccc(Cl)c(NS(=O)(=O)C2COC2)c1. The number of rotatable bonds is 5. The second-order valence-corrected chi connectivity index (χ2v) is 9.26. The largest absolute Gasteiger partial charge is 0.378 e. The monoisotopic (exact) mass is 354 g/mol. The fourth-order valence-electron chi connectivity index (χ4n) is 1.58. The number of ether oxygens (including phenoxy) is 1. The van der Waals surface area contributed by atoms with Crippen molar-refractivity contribution in [2.75, 3.05) is 32.0 Å². The van der Waals surface area contributed by atoms with Crippen molar-refractivity contribution < 1.29 is 21.6 Å². The minimum absolute atomic E-state index is 0.0338. The summed E-state index contributed by atoms with van der Waals surface area (Å²) in [5, 5.41) is -0.529. The molecule has 0 bridgehead atoms. The van der Waals surface area contributed by atoms with E-state index < -0.39 is 25.3 Å². The summed E-state index contributed by atoms with van der Waals surface area (Å²) in [5.74, 6) is 0. The quantitative estimate of drug-likeness (QED) is 0.841. The predicted molar refractivity (Wildman–Crippen MR) is 79.5 cm³/mol. The normalized spacial score (nSPS) is 16.8. The van der Waals surface area contributed by atoms with E-state index >= 15 is 0 Å². The number of nitrogens with one attached hydrogen (secondary N) is 1. The summed E-state index contributed by atoms with van der Waals surface area (Å²) < 4.78 is 56.3. The van der Waals surface area contributed by atoms with Gasteiger partial charge in [0, 0.05) is 14.1 Å². The molecular weight excluding hydrogens is 340 g/mol. The summed E-state index contributed by atoms with van der Waals surface area (Å²) in [7, 11) is -4.54. The zero-order valence-electron chi connectivity index (χ0n) is 11.4. The first-order chi connectivity index (χ1) is 9.64. The lowest BCUT2D eigenvalue weighted by Crippen LogP contribution is -2.43. The highest BCUT2D eigenvalue weighted by atomic mass is 35.5. The van der Waals surface area contributed by atoms with Gasteiger partial charge in [-0.2, -0.15) is 0 Å². The molecule has 0 aliphatic carbocycles. The van der Waals surface area contributed by atoms with Crippen molar-refractivity contribution in [1.82, 2.24) is 4.31 Å². The van der Waals surface area contributed by atoms with Gasteiger partial charge in [-0.1, -0.05) is 11.6 Å². The summed E-state index contributed by atoms with van der Waals surface area (Å²) in [5.41, 5.74) is 0.0338. The number of halogens is 1. The topological polar surface area (TPSA) is 92.8 Å². The molecule has 0 saturated carbocycles. The Kier molecular flexibility index (Phi) is 4.50. The predicted octanol–water partition coefficient (Wildman–Crippen LogP) is 0.731. The number of benzene rings is 1. The lowest BCUT2D eigenvalue weighted by Gasteiger charge is -2.26. The van der Waals surface area contributed by atoms with E-state index in [4.69, 9.17) is 16.3 Å². The van der Waals surface area contributed by atoms with E-state index in [0.29, 0.717) is 0 Å². The summed E-state index contributed by atoms with van der Waals surface area (Å²) in [6.45, 7) is 0.227. The molecule has 1 fully saturated rings. The minimum atomic E-state index is -3.67. The third-order valence-electron chi connectivity index (χ3n) is 3.01. The van der Waals surface area contributed by atoms with E-state index in [2.05, 4.69) is 4.72 Å². The standard InChI is InChI=1S/C11H15ClN2O5S2/c1-14(2)21(17,18)8-3-4-10(12)11(5-8)13-20(15,16)9-6-19-7-9/h3-5,9,13H,6-7H2,1-2H3. The van der Waals surface area contributed by atoms with E-state index in [0.717, 1.165) is 4.31 Å². The van der Waals surface area contributed by atoms with Crippen LogP contribution in [0.1, 0.15) is 0 Å². The van der Waals surface area contributed by atoms with Gasteiger partial charge in [-0.25, -0.2) is 21.1 Å². The summed E-state index contributed by atoms with van der Waals surface area (Å²) in [6, 6.07) is 3.86. The lowest BCUT2D eigenvalue weighted by molar-refractivity contribution is 0.0418. The van der Waals surface area contributed by atoms with Crippen LogP contribution in [0.2, 0.25) is 5.02 Å². The second kappa shape index (κ2) is 5.73. The van der Waals surface area contributed by atoms with E-state index in [1.54, 1.807) is 0 Å². The molecule has 1 aromatic carbocycles. The molecule has 2 rings (SSSR count). The van der Waals surface area contributed by atoms with Crippen LogP contribution in [-0.4, -0.2) is 53.7 Å². The van der Waals surface area contributed by atoms with Crippen molar-refractivity contribution in [3.63, 3.8) is 0 Å². The van der Waals surface area contributed by atoms with Gasteiger partial charge in [-0.15, -0.1) is 0 Å². The number of hydrogen-bond donors (Lipinski definition) is 1. The third-order valence-corrected chi connectivity index (χ3v) is 6.81. The third kappa shape index (κ3) is 3.32. The second-order valence-electron chi connectivity index (χ2n) is 4.74. The molecule has 10 heteroatoms. The van der Waals surface area contributed by atoms with Crippen molar-refractivity contribution in [3.8, 4) is 0 Å². The van der Waals surface area contributed by atoms with Gasteiger partial charge >= 0.3 is 0 Å². The van der Waals surface area contributed by atoms with Gasteiger partial charge in [0.1, 0.15) is 5.25 Å². The van der Waals surface area contributed by atoms with Crippen LogP contribution in [0.3, 0.4) is 0 Å². The highest BCUT2D eigenvalue weighted by molar-refractivity contribution is 7.93. The van der Waals surface area contributed by atoms with Crippen molar-refractivity contribution >= 4 is 37.3 Å². The molecule has 0 radical (unpaired) electrons. The molecule has 0 atom stereocenters. The fourth-order valence-corrected chi connectivity index (χ4v) is 3.93. The molecule has 0 spiro atoms. The van der Waals surface area contributed by atoms with Gasteiger partial charge < -0.3 is 4.74 Å². The van der Waals surface area contributed by atoms with Gasteiger partial charge in [-0.3, -0.25) is 4.72 Å². The Balaban J connectivity index is 2.36. The highest BCUT2D eigenvalue weighted by Gasteiger charge is 2.33. The van der Waals surface area contributed by atoms with Gasteiger partial charge in [0.05, 0.1) is 28.8 Å². The summed E-state index contributed by atoms with van der Waals surface area (Å²) in [6.07, 6.45) is 0. The molecule has 1 aliphatic heterocycles. The summed E-state index contributed by atoms with van der Waals surface area (Å²) in [4.78, 5) is -0.0422. The highest BCUT2D eigenvalue weighted by Crippen LogP contribution is 2.28. The Morgan fingerprint density at radius 2 is 1.86 bits per heavy atom. The van der Waals surface area contributed by atoms with Crippen molar-refractivity contribution in [1.29, 1.82) is 0 Å². The molecule has 1 aromatic rings. The zero-order valence-corrected chi connectivity index (χ0v) is 13.8. The first kappa shape index (κ1) is 16.5. The van der Waals surface area contributed by atoms with Gasteiger partial charge in [-0.05, 0) is 18.2 Å². The molecule has 1 aliphatic rings. The van der Waals surface area contributed by atoms with Crippen LogP contribution in [0.15, 0.2) is 23.1 Å². The van der Waals surface area contributed by atoms with E-state index in [-0.39, 0.29) is 28.8 Å². The van der Waals surface area contributed by atoms with E-state index in [9.17, 15) is 16.8 Å². The fraction of sp³-hybridized carbons (Fsp3) is 0.455. The van der Waals surface area contributed by atoms with Crippen LogP contribution < -0.4 is 4.72 Å². The van der Waals surface area contributed by atoms with Gasteiger partial charge in [0.2, 0.25) is 20.0 Å². The van der Waals surface area contributed by atoms with Gasteiger partial charge in [0.15, 0.2) is 0 Å². The van der Waals surface area contributed by atoms with E-state index in [1.165, 1.54) is 32.3 Å². The van der Waals surface area contributed by atoms with Crippen LogP contribution in [0.25, 0.3) is 0 Å². The maximum Gasteiger partial charge on any atom is 0.242 e. The van der Waals surface area contributed by atoms with Crippen molar-refractivity contribution in [2.24, 2.45) is 0 Å². The van der Waals surface area contributed by atoms with E-state index in [1.807, 2.05) is 0 Å². The number of sulfonamides is 2. The first-order valence-corrected chi connectivity index (χ1v) is 9.32. The van der Waals surface area contributed by atoms with Crippen LogP contribution in [0, 0.1) is 0 Å². The van der Waals surface area contributed by atoms with Crippen LogP contribution in [-0.2, 0) is 24.8 Å². The Labute approximate surface area is 128 Å². The van der Waals surface area contributed by atoms with Crippen LogP contribution in [0.5, 0.6) is 0 Å². The molecule has 1 saturated heterocycles. The molecule has 1 heterocycles. The molecule has 21 heavy (non-hydrogen) atoms. The average molecular weight is 355 g/mol. The molecule has 0 unspecified atom stereocenters. The lowest BCUT2D eigenvalue weighted by atomic mass is 10.3. The molecule has 1 N–H and O–H groups in total. The zero-order chi connectivity index (χ0) is 15.8. The maximum absolute atomic E-state index is 12.0.